The Kier molecular flexibility index (Phi) is 2.72. The van der Waals surface area contributed by atoms with Crippen LogP contribution in [-0.2, 0) is 11.2 Å². The van der Waals surface area contributed by atoms with E-state index in [1.54, 1.807) is 18.2 Å². The lowest BCUT2D eigenvalue weighted by molar-refractivity contribution is -0.115. The van der Waals surface area contributed by atoms with Crippen molar-refractivity contribution in [2.75, 3.05) is 11.4 Å². The van der Waals surface area contributed by atoms with E-state index in [2.05, 4.69) is 11.9 Å². The molecule has 0 spiro atoms. The first kappa shape index (κ1) is 10.4. The van der Waals surface area contributed by atoms with Crippen LogP contribution in [0, 0.1) is 0 Å². The summed E-state index contributed by atoms with van der Waals surface area (Å²) in [5, 5.41) is 3.59. The lowest BCUT2D eigenvalue weighted by Crippen LogP contribution is -2.30. The fourth-order valence-corrected chi connectivity index (χ4v) is 1.68. The van der Waals surface area contributed by atoms with Crippen molar-refractivity contribution in [1.82, 2.24) is 5.32 Å². The summed E-state index contributed by atoms with van der Waals surface area (Å²) in [6.07, 6.45) is 2.36. The number of carbonyl (C=O) groups excluding carboxylic acids is 2. The molecule has 81 valence electrons. The molecule has 1 aliphatic rings. The van der Waals surface area contributed by atoms with E-state index in [1.165, 1.54) is 0 Å². The van der Waals surface area contributed by atoms with E-state index in [9.17, 15) is 9.59 Å². The van der Waals surface area contributed by atoms with Gasteiger partial charge >= 0.3 is 6.03 Å². The number of amides is 3. The van der Waals surface area contributed by atoms with Crippen LogP contribution >= 0.6 is 0 Å². The van der Waals surface area contributed by atoms with Gasteiger partial charge in [0.25, 0.3) is 5.91 Å². The maximum atomic E-state index is 11.5. The second-order valence-electron chi connectivity index (χ2n) is 3.45. The van der Waals surface area contributed by atoms with Gasteiger partial charge in [0.05, 0.1) is 5.69 Å². The lowest BCUT2D eigenvalue weighted by atomic mass is 10.1. The highest BCUT2D eigenvalue weighted by Crippen LogP contribution is 2.23. The summed E-state index contributed by atoms with van der Waals surface area (Å²) in [5.41, 5.74) is 1.51. The smallest absolute Gasteiger partial charge is 0.272 e. The van der Waals surface area contributed by atoms with Crippen LogP contribution in [0.3, 0.4) is 0 Å². The molecule has 1 saturated heterocycles. The highest BCUT2D eigenvalue weighted by molar-refractivity contribution is 6.20. The highest BCUT2D eigenvalue weighted by Gasteiger charge is 2.32. The molecule has 1 aromatic carbocycles. The fourth-order valence-electron chi connectivity index (χ4n) is 1.68. The number of anilines is 1. The summed E-state index contributed by atoms with van der Waals surface area (Å²) in [4.78, 5) is 24.1. The first-order chi connectivity index (χ1) is 7.74. The van der Waals surface area contributed by atoms with Crippen LogP contribution in [-0.4, -0.2) is 18.5 Å². The molecular weight excluding hydrogens is 204 g/mol. The minimum atomic E-state index is -0.485. The Morgan fingerprint density at radius 3 is 2.75 bits per heavy atom. The number of hydrogen-bond acceptors (Lipinski definition) is 2. The molecule has 1 aliphatic heterocycles. The summed E-state index contributed by atoms with van der Waals surface area (Å²) in [5.74, 6) is -0.276. The molecule has 4 nitrogen and oxygen atoms in total. The van der Waals surface area contributed by atoms with Gasteiger partial charge in [0.2, 0.25) is 0 Å². The Hall–Kier alpha value is -2.10. The quantitative estimate of drug-likeness (QED) is 0.566. The Labute approximate surface area is 93.6 Å². The van der Waals surface area contributed by atoms with Gasteiger partial charge in [-0.25, -0.2) is 15.0 Å². The van der Waals surface area contributed by atoms with Crippen molar-refractivity contribution in [2.45, 2.75) is 6.42 Å². The van der Waals surface area contributed by atoms with Crippen LogP contribution in [0.4, 0.5) is 10.5 Å². The number of para-hydroxylation sites is 1. The minimum Gasteiger partial charge on any atom is -0.272 e. The van der Waals surface area contributed by atoms with Crippen LogP contribution in [0.5, 0.6) is 0 Å². The number of nitrogens with zero attached hydrogens (tertiary/aromatic N) is 2. The Morgan fingerprint density at radius 1 is 1.38 bits per heavy atom. The third-order valence-corrected chi connectivity index (χ3v) is 2.39. The van der Waals surface area contributed by atoms with Gasteiger partial charge in [0, 0.05) is 0 Å². The largest absolute Gasteiger partial charge is 0.350 e. The summed E-state index contributed by atoms with van der Waals surface area (Å²) < 4.78 is 0. The number of imide groups is 1. The molecule has 2 rings (SSSR count). The molecule has 1 fully saturated rings. The Balaban J connectivity index is 2.42. The Morgan fingerprint density at radius 2 is 2.12 bits per heavy atom. The van der Waals surface area contributed by atoms with E-state index in [0.717, 1.165) is 10.5 Å². The summed E-state index contributed by atoms with van der Waals surface area (Å²) in [7, 11) is 0. The van der Waals surface area contributed by atoms with E-state index in [0.29, 0.717) is 12.1 Å². The fraction of sp³-hybridized carbons (Fsp3) is 0.167. The molecule has 0 aliphatic carbocycles. The molecule has 0 aromatic heterocycles. The summed E-state index contributed by atoms with van der Waals surface area (Å²) >= 11 is 0. The van der Waals surface area contributed by atoms with Crippen LogP contribution in [0.15, 0.2) is 36.9 Å². The third-order valence-electron chi connectivity index (χ3n) is 2.39. The number of rotatable bonds is 3. The van der Waals surface area contributed by atoms with Crippen molar-refractivity contribution in [1.29, 1.82) is 0 Å². The number of benzene rings is 1. The van der Waals surface area contributed by atoms with Crippen LogP contribution in [0.1, 0.15) is 5.56 Å². The molecular formula is C12H11N2O2. The van der Waals surface area contributed by atoms with Gasteiger partial charge in [0.1, 0.15) is 6.54 Å². The maximum absolute atomic E-state index is 11.5. The molecule has 0 saturated carbocycles. The van der Waals surface area contributed by atoms with Gasteiger partial charge in [-0.15, -0.1) is 6.58 Å². The average molecular weight is 215 g/mol. The molecule has 1 heterocycles. The molecule has 16 heavy (non-hydrogen) atoms. The van der Waals surface area contributed by atoms with Gasteiger partial charge in [-0.1, -0.05) is 24.3 Å². The third kappa shape index (κ3) is 1.69. The van der Waals surface area contributed by atoms with E-state index < -0.39 is 6.03 Å². The second kappa shape index (κ2) is 4.18. The van der Waals surface area contributed by atoms with E-state index in [4.69, 9.17) is 0 Å². The van der Waals surface area contributed by atoms with Crippen molar-refractivity contribution < 1.29 is 9.59 Å². The molecule has 3 amide bonds. The number of urea groups is 1. The van der Waals surface area contributed by atoms with Crippen molar-refractivity contribution in [3.05, 3.63) is 42.5 Å². The monoisotopic (exact) mass is 215 g/mol. The van der Waals surface area contributed by atoms with Crippen LogP contribution in [0.2, 0.25) is 0 Å². The van der Waals surface area contributed by atoms with Crippen molar-refractivity contribution in [2.24, 2.45) is 0 Å². The standard InChI is InChI=1S/C12H11N2O2/c1-2-5-9-6-3-4-7-10(9)14-11(15)8-13-12(14)16/h2-4,6-7H,1,5,8H2. The number of hydrogen-bond donors (Lipinski definition) is 0. The summed E-state index contributed by atoms with van der Waals surface area (Å²) in [6.45, 7) is 3.60. The van der Waals surface area contributed by atoms with Gasteiger partial charge in [-0.05, 0) is 18.1 Å². The molecule has 1 aromatic rings. The van der Waals surface area contributed by atoms with Gasteiger partial charge in [0.15, 0.2) is 0 Å². The predicted octanol–water partition coefficient (Wildman–Crippen LogP) is 1.49. The number of carbonyl (C=O) groups is 2. The summed E-state index contributed by atoms with van der Waals surface area (Å²) in [6, 6.07) is 6.79. The highest BCUT2D eigenvalue weighted by atomic mass is 16.2. The zero-order valence-electron chi connectivity index (χ0n) is 8.72. The van der Waals surface area contributed by atoms with Gasteiger partial charge < -0.3 is 0 Å². The minimum absolute atomic E-state index is 0.0543. The van der Waals surface area contributed by atoms with Crippen LogP contribution < -0.4 is 10.2 Å². The molecule has 1 radical (unpaired) electrons. The molecule has 4 heteroatoms. The molecule has 0 unspecified atom stereocenters. The molecule has 0 N–H and O–H groups in total. The Bertz CT molecular complexity index is 438. The zero-order valence-corrected chi connectivity index (χ0v) is 8.72. The van der Waals surface area contributed by atoms with Crippen molar-refractivity contribution in [3.8, 4) is 0 Å². The SMILES string of the molecule is C=CCc1ccccc1N1C(=O)C[N]C1=O. The van der Waals surface area contributed by atoms with Crippen molar-refractivity contribution in [3.63, 3.8) is 0 Å². The maximum Gasteiger partial charge on any atom is 0.350 e. The van der Waals surface area contributed by atoms with E-state index in [1.807, 2.05) is 12.1 Å². The first-order valence-corrected chi connectivity index (χ1v) is 4.97. The van der Waals surface area contributed by atoms with E-state index >= 15 is 0 Å². The van der Waals surface area contributed by atoms with Crippen molar-refractivity contribution >= 4 is 17.6 Å². The second-order valence-corrected chi connectivity index (χ2v) is 3.45. The normalized spacial score (nSPS) is 15.1. The predicted molar refractivity (Wildman–Crippen MR) is 60.2 cm³/mol. The van der Waals surface area contributed by atoms with E-state index in [-0.39, 0.29) is 12.5 Å². The molecule has 0 bridgehead atoms. The van der Waals surface area contributed by atoms with Crippen LogP contribution in [0.25, 0.3) is 0 Å². The van der Waals surface area contributed by atoms with Gasteiger partial charge in [-0.2, -0.15) is 0 Å². The number of allylic oxidation sites excluding steroid dienone is 1. The van der Waals surface area contributed by atoms with Gasteiger partial charge in [-0.3, -0.25) is 4.79 Å². The lowest BCUT2D eigenvalue weighted by Gasteiger charge is -2.15. The first-order valence-electron chi connectivity index (χ1n) is 4.97. The average Bonchev–Trinajstić information content (AvgIpc) is 2.60. The molecule has 0 atom stereocenters. The topological polar surface area (TPSA) is 51.5 Å². The zero-order chi connectivity index (χ0) is 11.5.